The number of carbonyl (C=O) groups excluding carboxylic acids is 1. The summed E-state index contributed by atoms with van der Waals surface area (Å²) in [4.78, 5) is 16.0. The van der Waals surface area contributed by atoms with Gasteiger partial charge in [0.15, 0.2) is 11.0 Å². The number of aromatic nitrogens is 4. The van der Waals surface area contributed by atoms with Crippen LogP contribution in [0.2, 0.25) is 0 Å². The van der Waals surface area contributed by atoms with Crippen molar-refractivity contribution in [1.29, 1.82) is 0 Å². The van der Waals surface area contributed by atoms with Crippen molar-refractivity contribution in [3.63, 3.8) is 0 Å². The molecule has 7 nitrogen and oxygen atoms in total. The number of ether oxygens (including phenoxy) is 1. The van der Waals surface area contributed by atoms with Crippen molar-refractivity contribution in [1.82, 2.24) is 25.1 Å². The molecular weight excluding hydrogens is 458 g/mol. The molecule has 0 radical (unpaired) electrons. The Kier molecular flexibility index (Phi) is 7.49. The van der Waals surface area contributed by atoms with Crippen molar-refractivity contribution in [2.45, 2.75) is 56.5 Å². The number of fused-ring (bicyclic) bond motifs is 1. The Labute approximate surface area is 209 Å². The van der Waals surface area contributed by atoms with Gasteiger partial charge in [0.2, 0.25) is 5.91 Å². The number of carbonyl (C=O) groups is 1. The van der Waals surface area contributed by atoms with Gasteiger partial charge in [-0.1, -0.05) is 60.3 Å². The molecule has 3 heterocycles. The molecule has 5 rings (SSSR count). The number of rotatable bonds is 10. The molecule has 8 heteroatoms. The summed E-state index contributed by atoms with van der Waals surface area (Å²) in [7, 11) is 0. The Morgan fingerprint density at radius 1 is 1.20 bits per heavy atom. The maximum atomic E-state index is 12.7. The number of para-hydroxylation sites is 1. The van der Waals surface area contributed by atoms with E-state index in [1.165, 1.54) is 17.3 Å². The number of nitrogens with zero attached hydrogens (tertiary/aromatic N) is 3. The lowest BCUT2D eigenvalue weighted by Gasteiger charge is -2.15. The zero-order valence-corrected chi connectivity index (χ0v) is 20.8. The summed E-state index contributed by atoms with van der Waals surface area (Å²) < 4.78 is 8.02. The fourth-order valence-electron chi connectivity index (χ4n) is 4.55. The van der Waals surface area contributed by atoms with Gasteiger partial charge in [0.25, 0.3) is 0 Å². The molecule has 1 saturated heterocycles. The van der Waals surface area contributed by atoms with Crippen molar-refractivity contribution < 1.29 is 9.53 Å². The number of hydrogen-bond acceptors (Lipinski definition) is 5. The highest BCUT2D eigenvalue weighted by atomic mass is 32.2. The van der Waals surface area contributed by atoms with Gasteiger partial charge in [-0.3, -0.25) is 9.36 Å². The average Bonchev–Trinajstić information content (AvgIpc) is 3.63. The van der Waals surface area contributed by atoms with Crippen LogP contribution in [0.1, 0.15) is 31.7 Å². The van der Waals surface area contributed by atoms with Crippen LogP contribution in [0.15, 0.2) is 66.0 Å². The van der Waals surface area contributed by atoms with E-state index in [-0.39, 0.29) is 18.1 Å². The molecule has 2 atom stereocenters. The first kappa shape index (κ1) is 23.6. The van der Waals surface area contributed by atoms with Gasteiger partial charge in [0, 0.05) is 35.3 Å². The normalized spacial score (nSPS) is 16.5. The number of aromatic amines is 1. The Morgan fingerprint density at radius 3 is 2.86 bits per heavy atom. The number of amides is 1. The van der Waals surface area contributed by atoms with Gasteiger partial charge in [-0.05, 0) is 44.2 Å². The molecule has 0 bridgehead atoms. The molecule has 0 aliphatic carbocycles. The smallest absolute Gasteiger partial charge is 0.230 e. The first-order valence-electron chi connectivity index (χ1n) is 12.2. The number of thioether (sulfide) groups is 1. The van der Waals surface area contributed by atoms with Crippen LogP contribution < -0.4 is 5.32 Å². The van der Waals surface area contributed by atoms with E-state index in [1.807, 2.05) is 36.5 Å². The van der Waals surface area contributed by atoms with E-state index < -0.39 is 0 Å². The Morgan fingerprint density at radius 2 is 2.03 bits per heavy atom. The standard InChI is InChI=1S/C27H31N5O2S/c1-19(13-14-20-8-3-2-4-9-20)29-25(33)18-35-27-31-30-26(32(27)17-21-10-7-15-34-21)23-16-28-24-12-6-5-11-22(23)24/h2-6,8-9,11-12,16,19,21,28H,7,10,13-15,17-18H2,1H3,(H,29,33). The predicted molar refractivity (Wildman–Crippen MR) is 139 cm³/mol. The van der Waals surface area contributed by atoms with Crippen molar-refractivity contribution in [3.05, 3.63) is 66.4 Å². The van der Waals surface area contributed by atoms with E-state index >= 15 is 0 Å². The van der Waals surface area contributed by atoms with Crippen molar-refractivity contribution in [3.8, 4) is 11.4 Å². The second-order valence-electron chi connectivity index (χ2n) is 9.08. The number of aryl methyl sites for hydroxylation is 1. The molecule has 1 aliphatic rings. The van der Waals surface area contributed by atoms with E-state index in [9.17, 15) is 4.79 Å². The maximum Gasteiger partial charge on any atom is 0.230 e. The third-order valence-corrected chi connectivity index (χ3v) is 7.37. The predicted octanol–water partition coefficient (Wildman–Crippen LogP) is 4.84. The van der Waals surface area contributed by atoms with E-state index in [1.54, 1.807) is 0 Å². The quantitative estimate of drug-likeness (QED) is 0.312. The number of benzene rings is 2. The maximum absolute atomic E-state index is 12.7. The first-order chi connectivity index (χ1) is 17.2. The molecular formula is C27H31N5O2S. The minimum Gasteiger partial charge on any atom is -0.376 e. The number of hydrogen-bond donors (Lipinski definition) is 2. The molecule has 1 fully saturated rings. The lowest BCUT2D eigenvalue weighted by molar-refractivity contribution is -0.119. The Bertz CT molecular complexity index is 1260. The summed E-state index contributed by atoms with van der Waals surface area (Å²) in [5, 5.41) is 14.0. The lowest BCUT2D eigenvalue weighted by atomic mass is 10.1. The fourth-order valence-corrected chi connectivity index (χ4v) is 5.31. The molecule has 35 heavy (non-hydrogen) atoms. The number of H-pyrrole nitrogens is 1. The van der Waals surface area contributed by atoms with E-state index in [0.717, 1.165) is 59.7 Å². The second-order valence-corrected chi connectivity index (χ2v) is 10.0. The van der Waals surface area contributed by atoms with Gasteiger partial charge >= 0.3 is 0 Å². The molecule has 4 aromatic rings. The van der Waals surface area contributed by atoms with Crippen LogP contribution in [-0.4, -0.2) is 50.2 Å². The highest BCUT2D eigenvalue weighted by Crippen LogP contribution is 2.31. The topological polar surface area (TPSA) is 84.8 Å². The molecule has 2 aromatic heterocycles. The number of nitrogens with one attached hydrogen (secondary N) is 2. The van der Waals surface area contributed by atoms with Crippen LogP contribution in [0.5, 0.6) is 0 Å². The molecule has 2 aromatic carbocycles. The minimum atomic E-state index is 0.0101. The zero-order chi connectivity index (χ0) is 24.0. The molecule has 0 spiro atoms. The third-order valence-electron chi connectivity index (χ3n) is 6.41. The summed E-state index contributed by atoms with van der Waals surface area (Å²) >= 11 is 1.43. The highest BCUT2D eigenvalue weighted by molar-refractivity contribution is 7.99. The Hall–Kier alpha value is -3.10. The van der Waals surface area contributed by atoms with Gasteiger partial charge < -0.3 is 15.0 Å². The van der Waals surface area contributed by atoms with Crippen LogP contribution in [0.4, 0.5) is 0 Å². The second kappa shape index (κ2) is 11.1. The van der Waals surface area contributed by atoms with Crippen LogP contribution in [0, 0.1) is 0 Å². The summed E-state index contributed by atoms with van der Waals surface area (Å²) in [5.74, 6) is 1.11. The van der Waals surface area contributed by atoms with Crippen molar-refractivity contribution in [2.24, 2.45) is 0 Å². The minimum absolute atomic E-state index is 0.0101. The molecule has 182 valence electrons. The van der Waals surface area contributed by atoms with E-state index in [0.29, 0.717) is 12.3 Å². The monoisotopic (exact) mass is 489 g/mol. The van der Waals surface area contributed by atoms with E-state index in [2.05, 4.69) is 56.3 Å². The molecule has 2 N–H and O–H groups in total. The van der Waals surface area contributed by atoms with Gasteiger partial charge in [-0.2, -0.15) is 0 Å². The molecule has 1 amide bonds. The average molecular weight is 490 g/mol. The van der Waals surface area contributed by atoms with Crippen LogP contribution in [0.25, 0.3) is 22.3 Å². The van der Waals surface area contributed by atoms with Gasteiger partial charge in [0.1, 0.15) is 0 Å². The van der Waals surface area contributed by atoms with Crippen molar-refractivity contribution in [2.75, 3.05) is 12.4 Å². The molecule has 1 aliphatic heterocycles. The summed E-state index contributed by atoms with van der Waals surface area (Å²) in [6.45, 7) is 3.53. The van der Waals surface area contributed by atoms with Crippen LogP contribution >= 0.6 is 11.8 Å². The SMILES string of the molecule is CC(CCc1ccccc1)NC(=O)CSc1nnc(-c2c[nH]c3ccccc23)n1CC1CCCO1. The van der Waals surface area contributed by atoms with Gasteiger partial charge in [0.05, 0.1) is 18.4 Å². The zero-order valence-electron chi connectivity index (χ0n) is 19.9. The van der Waals surface area contributed by atoms with Crippen LogP contribution in [0.3, 0.4) is 0 Å². The third kappa shape index (κ3) is 5.77. The van der Waals surface area contributed by atoms with Crippen molar-refractivity contribution >= 4 is 28.6 Å². The van der Waals surface area contributed by atoms with E-state index in [4.69, 9.17) is 4.74 Å². The molecule has 2 unspecified atom stereocenters. The van der Waals surface area contributed by atoms with Gasteiger partial charge in [-0.25, -0.2) is 0 Å². The van der Waals surface area contributed by atoms with Gasteiger partial charge in [-0.15, -0.1) is 10.2 Å². The summed E-state index contributed by atoms with van der Waals surface area (Å²) in [6.07, 6.45) is 6.06. The Balaban J connectivity index is 1.26. The lowest BCUT2D eigenvalue weighted by Crippen LogP contribution is -2.34. The fraction of sp³-hybridized carbons (Fsp3) is 0.370. The first-order valence-corrected chi connectivity index (χ1v) is 13.2. The highest BCUT2D eigenvalue weighted by Gasteiger charge is 2.23. The van der Waals surface area contributed by atoms with Crippen LogP contribution in [-0.2, 0) is 22.5 Å². The molecule has 0 saturated carbocycles. The summed E-state index contributed by atoms with van der Waals surface area (Å²) in [6, 6.07) is 18.6. The largest absolute Gasteiger partial charge is 0.376 e. The summed E-state index contributed by atoms with van der Waals surface area (Å²) in [5.41, 5.74) is 3.36.